The van der Waals surface area contributed by atoms with Crippen molar-refractivity contribution < 1.29 is 63.0 Å². The number of carbonyl (C=O) groups is 3. The van der Waals surface area contributed by atoms with Gasteiger partial charge in [-0.3, -0.25) is 14.5 Å². The van der Waals surface area contributed by atoms with E-state index >= 15 is 0 Å². The molecule has 3 N–H and O–H groups in total. The Bertz CT molecular complexity index is 1270. The van der Waals surface area contributed by atoms with Crippen LogP contribution < -0.4 is 50.4 Å². The molecule has 184 valence electrons. The number of nitrogens with two attached hydrogens (primary N) is 1. The molecule has 4 rings (SSSR count). The summed E-state index contributed by atoms with van der Waals surface area (Å²) in [7, 11) is 1.24. The Hall–Kier alpha value is -2.37. The van der Waals surface area contributed by atoms with Crippen LogP contribution in [0.2, 0.25) is 0 Å². The minimum absolute atomic E-state index is 0. The van der Waals surface area contributed by atoms with Crippen molar-refractivity contribution in [2.75, 3.05) is 24.3 Å². The maximum Gasteiger partial charge on any atom is 1.00 e. The molecule has 0 aliphatic carbocycles. The molecule has 0 bridgehead atoms. The number of pyridine rings is 1. The van der Waals surface area contributed by atoms with Crippen LogP contribution in [0.5, 0.6) is 0 Å². The van der Waals surface area contributed by atoms with Gasteiger partial charge in [0.2, 0.25) is 12.0 Å². The zero-order valence-electron chi connectivity index (χ0n) is 18.8. The third kappa shape index (κ3) is 5.63. The van der Waals surface area contributed by atoms with Crippen LogP contribution in [-0.2, 0) is 19.2 Å². The number of β-lactam (4-membered cyclic amide) rings is 1. The van der Waals surface area contributed by atoms with Crippen molar-refractivity contribution in [3.63, 3.8) is 0 Å². The molecule has 2 aromatic heterocycles. The largest absolute Gasteiger partial charge is 1.00 e. The third-order valence-electron chi connectivity index (χ3n) is 4.94. The number of carboxylic acids is 1. The summed E-state index contributed by atoms with van der Waals surface area (Å²) in [4.78, 5) is 47.4. The molecule has 2 aliphatic rings. The van der Waals surface area contributed by atoms with E-state index in [1.807, 2.05) is 0 Å². The van der Waals surface area contributed by atoms with E-state index in [1.54, 1.807) is 0 Å². The van der Waals surface area contributed by atoms with Crippen molar-refractivity contribution in [3.8, 4) is 0 Å². The van der Waals surface area contributed by atoms with Gasteiger partial charge in [-0.2, -0.15) is 9.12 Å². The van der Waals surface area contributed by atoms with Crippen molar-refractivity contribution >= 4 is 63.5 Å². The number of hydrogen-bond acceptors (Lipinski definition) is 12. The Morgan fingerprint density at radius 1 is 1.50 bits per heavy atom. The van der Waals surface area contributed by atoms with Crippen LogP contribution in [0.25, 0.3) is 0 Å². The molecule has 1 saturated heterocycles. The number of thioether (sulfide) groups is 2. The van der Waals surface area contributed by atoms with Gasteiger partial charge in [0.1, 0.15) is 24.2 Å². The molecule has 0 radical (unpaired) electrons. The number of aromatic nitrogens is 2. The summed E-state index contributed by atoms with van der Waals surface area (Å²) in [5.41, 5.74) is 5.62. The molecular formula is C19H16FN6NaO6S3. The summed E-state index contributed by atoms with van der Waals surface area (Å²) in [5, 5.41) is 30.3. The van der Waals surface area contributed by atoms with E-state index < -0.39 is 35.0 Å². The second-order valence-corrected chi connectivity index (χ2v) is 10.1. The summed E-state index contributed by atoms with van der Waals surface area (Å²) in [6, 6.07) is 0.258. The fourth-order valence-corrected chi connectivity index (χ4v) is 6.34. The average molecular weight is 563 g/mol. The molecule has 2 amide bonds. The van der Waals surface area contributed by atoms with E-state index in [-0.39, 0.29) is 68.2 Å². The Morgan fingerprint density at radius 3 is 2.86 bits per heavy atom. The number of amides is 2. The molecule has 17 heteroatoms. The zero-order valence-corrected chi connectivity index (χ0v) is 23.2. The smallest absolute Gasteiger partial charge is 0.619 e. The van der Waals surface area contributed by atoms with Gasteiger partial charge in [0.05, 0.1) is 16.6 Å². The van der Waals surface area contributed by atoms with Crippen LogP contribution in [0.1, 0.15) is 5.69 Å². The number of nitrogens with one attached hydrogen (secondary N) is 1. The standard InChI is InChI=1S/C19H17FN6O6S3.Na/c1-32-24-12(10-7-35-19(21)22-10)15(27)23-13-16(28)26-14(18(29)30)8(6-34-17(13)26)5-33-11-2-3-25(31)4-9(11)20;/h2-4,7,13,17H,5-6H2,1H3,(H2,21,22)(H,23,27)(H,29,30);/q;+1/p-1/b24-12-;/t13?,17-;/m0./s1. The Balaban J connectivity index is 0.00000361. The summed E-state index contributed by atoms with van der Waals surface area (Å²) < 4.78 is 14.3. The first-order valence-corrected chi connectivity index (χ1v) is 12.6. The van der Waals surface area contributed by atoms with Crippen molar-refractivity contribution in [1.29, 1.82) is 0 Å². The predicted molar refractivity (Wildman–Crippen MR) is 123 cm³/mol. The number of nitrogen functional groups attached to an aromatic ring is 1. The fraction of sp³-hybridized carbons (Fsp3) is 0.263. The molecule has 36 heavy (non-hydrogen) atoms. The number of oxime groups is 1. The number of thiazole rings is 1. The predicted octanol–water partition coefficient (Wildman–Crippen LogP) is -3.95. The van der Waals surface area contributed by atoms with Gasteiger partial charge in [0.25, 0.3) is 11.8 Å². The molecule has 2 atom stereocenters. The molecule has 2 aromatic rings. The van der Waals surface area contributed by atoms with Crippen molar-refractivity contribution in [2.45, 2.75) is 16.3 Å². The van der Waals surface area contributed by atoms with Crippen LogP contribution in [0, 0.1) is 11.0 Å². The fourth-order valence-electron chi connectivity index (χ4n) is 3.41. The molecule has 4 heterocycles. The van der Waals surface area contributed by atoms with E-state index in [9.17, 15) is 29.1 Å². The summed E-state index contributed by atoms with van der Waals surface area (Å²) in [6.07, 6.45) is 1.88. The number of carboxylic acid groups (broad SMARTS) is 1. The first-order chi connectivity index (χ1) is 16.7. The van der Waals surface area contributed by atoms with Crippen molar-refractivity contribution in [3.05, 3.63) is 51.8 Å². The summed E-state index contributed by atoms with van der Waals surface area (Å²) >= 11 is 3.32. The van der Waals surface area contributed by atoms with E-state index in [2.05, 4.69) is 15.5 Å². The van der Waals surface area contributed by atoms with Gasteiger partial charge in [-0.25, -0.2) is 4.98 Å². The molecule has 0 aromatic carbocycles. The number of nitrogens with zero attached hydrogens (tertiary/aromatic N) is 4. The second kappa shape index (κ2) is 11.8. The molecule has 2 aliphatic heterocycles. The minimum Gasteiger partial charge on any atom is -0.619 e. The molecule has 1 fully saturated rings. The van der Waals surface area contributed by atoms with E-state index in [0.717, 1.165) is 40.4 Å². The van der Waals surface area contributed by atoms with Crippen LogP contribution in [0.15, 0.2) is 45.2 Å². The van der Waals surface area contributed by atoms with Crippen LogP contribution in [0.4, 0.5) is 9.52 Å². The number of carbonyl (C=O) groups excluding carboxylic acids is 3. The van der Waals surface area contributed by atoms with E-state index in [4.69, 9.17) is 10.6 Å². The van der Waals surface area contributed by atoms with Gasteiger partial charge in [-0.1, -0.05) is 5.16 Å². The quantitative estimate of drug-likeness (QED) is 0.0614. The van der Waals surface area contributed by atoms with Crippen LogP contribution >= 0.6 is 34.9 Å². The maximum absolute atomic E-state index is 14.0. The number of hydrogen-bond donors (Lipinski definition) is 2. The average Bonchev–Trinajstić information content (AvgIpc) is 3.25. The molecule has 0 saturated carbocycles. The van der Waals surface area contributed by atoms with Gasteiger partial charge in [0.15, 0.2) is 17.0 Å². The number of anilines is 1. The summed E-state index contributed by atoms with van der Waals surface area (Å²) in [6.45, 7) is 0. The van der Waals surface area contributed by atoms with Crippen molar-refractivity contribution in [1.82, 2.24) is 15.2 Å². The topological polar surface area (TPSA) is 177 Å². The first kappa shape index (κ1) is 28.2. The monoisotopic (exact) mass is 562 g/mol. The Labute approximate surface area is 238 Å². The zero-order chi connectivity index (χ0) is 25.3. The molecule has 0 spiro atoms. The summed E-state index contributed by atoms with van der Waals surface area (Å²) in [5.74, 6) is -3.44. The minimum atomic E-state index is -1.56. The Kier molecular flexibility index (Phi) is 9.23. The molecule has 1 unspecified atom stereocenters. The first-order valence-electron chi connectivity index (χ1n) is 9.73. The SMILES string of the molecule is CO/N=C(\C(=O)NC1C(=O)N2C(C(=O)[O-])=C(CSc3cc[n+]([O-])cc3F)CS[C@@H]12)c1csc(N)n1.[Na+]. The number of aliphatic carboxylic acids is 1. The van der Waals surface area contributed by atoms with Gasteiger partial charge in [-0.05, 0) is 5.57 Å². The van der Waals surface area contributed by atoms with Crippen LogP contribution in [0.3, 0.4) is 0 Å². The maximum atomic E-state index is 14.0. The Morgan fingerprint density at radius 2 is 2.25 bits per heavy atom. The molecular weight excluding hydrogens is 546 g/mol. The van der Waals surface area contributed by atoms with Gasteiger partial charge >= 0.3 is 29.6 Å². The normalized spacial score (nSPS) is 19.2. The van der Waals surface area contributed by atoms with E-state index in [0.29, 0.717) is 10.3 Å². The second-order valence-electron chi connectivity index (χ2n) is 7.10. The number of rotatable bonds is 8. The van der Waals surface area contributed by atoms with Gasteiger partial charge < -0.3 is 31.0 Å². The number of fused-ring (bicyclic) bond motifs is 1. The van der Waals surface area contributed by atoms with E-state index in [1.165, 1.54) is 30.3 Å². The number of halogens is 1. The third-order valence-corrected chi connectivity index (χ3v) is 8.09. The van der Waals surface area contributed by atoms with Gasteiger partial charge in [0, 0.05) is 23.0 Å². The van der Waals surface area contributed by atoms with Crippen molar-refractivity contribution in [2.24, 2.45) is 5.16 Å². The molecule has 12 nitrogen and oxygen atoms in total. The van der Waals surface area contributed by atoms with Gasteiger partial charge in [-0.15, -0.1) is 34.9 Å². The van der Waals surface area contributed by atoms with Crippen LogP contribution in [-0.4, -0.2) is 63.4 Å².